The van der Waals surface area contributed by atoms with Crippen molar-refractivity contribution in [3.63, 3.8) is 0 Å². The Labute approximate surface area is 117 Å². The summed E-state index contributed by atoms with van der Waals surface area (Å²) in [7, 11) is 0. The topological polar surface area (TPSA) is 92.4 Å². The van der Waals surface area contributed by atoms with E-state index in [0.29, 0.717) is 18.5 Å². The molecule has 118 valence electrons. The molecule has 4 N–H and O–H groups in total. The first-order valence-electron chi connectivity index (χ1n) is 5.68. The van der Waals surface area contributed by atoms with E-state index < -0.39 is 12.1 Å². The quantitative estimate of drug-likeness (QED) is 0.726. The fourth-order valence-corrected chi connectivity index (χ4v) is 1.11. The summed E-state index contributed by atoms with van der Waals surface area (Å²) in [5.41, 5.74) is 5.70. The third kappa shape index (κ3) is 8.58. The second kappa shape index (κ2) is 8.90. The lowest BCUT2D eigenvalue weighted by molar-refractivity contribution is -0.192. The third-order valence-electron chi connectivity index (χ3n) is 2.10. The van der Waals surface area contributed by atoms with Crippen LogP contribution in [-0.2, 0) is 16.0 Å². The smallest absolute Gasteiger partial charge is 0.475 e. The maximum atomic E-state index is 13.1. The van der Waals surface area contributed by atoms with E-state index in [1.54, 1.807) is 18.2 Å². The van der Waals surface area contributed by atoms with E-state index in [1.807, 2.05) is 0 Å². The molecule has 0 aromatic heterocycles. The number of aliphatic carboxylic acids is 1. The molecule has 5 nitrogen and oxygen atoms in total. The number of carbonyl (C=O) groups is 2. The van der Waals surface area contributed by atoms with Gasteiger partial charge in [0.05, 0.1) is 6.54 Å². The minimum atomic E-state index is -5.08. The van der Waals surface area contributed by atoms with Gasteiger partial charge in [0.2, 0.25) is 5.91 Å². The zero-order valence-corrected chi connectivity index (χ0v) is 10.8. The highest BCUT2D eigenvalue weighted by Crippen LogP contribution is 2.13. The van der Waals surface area contributed by atoms with Crippen LogP contribution in [0, 0.1) is 5.82 Å². The molecular weight excluding hydrogens is 296 g/mol. The molecule has 0 aliphatic carbocycles. The Morgan fingerprint density at radius 3 is 2.19 bits per heavy atom. The number of hydrogen-bond donors (Lipinski definition) is 3. The average Bonchev–Trinajstić information content (AvgIpc) is 2.40. The molecule has 0 saturated heterocycles. The van der Waals surface area contributed by atoms with Gasteiger partial charge >= 0.3 is 12.1 Å². The number of amides is 1. The summed E-state index contributed by atoms with van der Waals surface area (Å²) >= 11 is 0. The largest absolute Gasteiger partial charge is 0.490 e. The van der Waals surface area contributed by atoms with Gasteiger partial charge in [0, 0.05) is 6.54 Å². The van der Waals surface area contributed by atoms with Crippen molar-refractivity contribution in [3.8, 4) is 0 Å². The summed E-state index contributed by atoms with van der Waals surface area (Å²) in [4.78, 5) is 19.7. The number of carbonyl (C=O) groups excluding carboxylic acids is 1. The number of nitrogens with one attached hydrogen (secondary N) is 1. The van der Waals surface area contributed by atoms with Gasteiger partial charge in [0.25, 0.3) is 0 Å². The molecule has 0 unspecified atom stereocenters. The van der Waals surface area contributed by atoms with Crippen LogP contribution in [0.15, 0.2) is 24.3 Å². The van der Waals surface area contributed by atoms with Gasteiger partial charge in [-0.15, -0.1) is 0 Å². The summed E-state index contributed by atoms with van der Waals surface area (Å²) in [6.45, 7) is 0.383. The van der Waals surface area contributed by atoms with Crippen LogP contribution in [0.25, 0.3) is 0 Å². The van der Waals surface area contributed by atoms with E-state index in [-0.39, 0.29) is 18.3 Å². The van der Waals surface area contributed by atoms with Crippen LogP contribution in [0.3, 0.4) is 0 Å². The van der Waals surface area contributed by atoms with Crippen LogP contribution in [0.5, 0.6) is 0 Å². The minimum absolute atomic E-state index is 0.0305. The molecule has 9 heteroatoms. The lowest BCUT2D eigenvalue weighted by Gasteiger charge is -2.04. The molecule has 1 amide bonds. The monoisotopic (exact) mass is 310 g/mol. The minimum Gasteiger partial charge on any atom is -0.475 e. The van der Waals surface area contributed by atoms with Crippen molar-refractivity contribution in [1.82, 2.24) is 5.32 Å². The third-order valence-corrected chi connectivity index (χ3v) is 2.10. The van der Waals surface area contributed by atoms with Gasteiger partial charge in [0.1, 0.15) is 5.82 Å². The number of carboxylic acid groups (broad SMARTS) is 1. The normalized spacial score (nSPS) is 10.3. The highest BCUT2D eigenvalue weighted by atomic mass is 19.4. The number of rotatable bonds is 4. The van der Waals surface area contributed by atoms with Crippen molar-refractivity contribution in [2.45, 2.75) is 12.6 Å². The van der Waals surface area contributed by atoms with Gasteiger partial charge in [-0.25, -0.2) is 9.18 Å². The van der Waals surface area contributed by atoms with Crippen LogP contribution in [0.2, 0.25) is 0 Å². The van der Waals surface area contributed by atoms with Crippen molar-refractivity contribution in [1.29, 1.82) is 0 Å². The van der Waals surface area contributed by atoms with Crippen LogP contribution in [0.4, 0.5) is 17.6 Å². The van der Waals surface area contributed by atoms with Crippen molar-refractivity contribution in [3.05, 3.63) is 35.6 Å². The molecule has 21 heavy (non-hydrogen) atoms. The molecule has 0 aliphatic heterocycles. The Morgan fingerprint density at radius 1 is 1.24 bits per heavy atom. The van der Waals surface area contributed by atoms with E-state index in [1.165, 1.54) is 6.07 Å². The summed E-state index contributed by atoms with van der Waals surface area (Å²) in [6, 6.07) is 6.50. The number of hydrogen-bond acceptors (Lipinski definition) is 3. The molecule has 0 aliphatic rings. The Bertz CT molecular complexity index is 478. The zero-order chi connectivity index (χ0) is 16.5. The molecule has 1 aromatic rings. The van der Waals surface area contributed by atoms with Crippen molar-refractivity contribution < 1.29 is 32.3 Å². The zero-order valence-electron chi connectivity index (χ0n) is 10.8. The van der Waals surface area contributed by atoms with Crippen LogP contribution in [-0.4, -0.2) is 36.2 Å². The Balaban J connectivity index is 0.000000486. The van der Waals surface area contributed by atoms with Gasteiger partial charge in [0.15, 0.2) is 0 Å². The predicted molar refractivity (Wildman–Crippen MR) is 65.9 cm³/mol. The molecule has 0 radical (unpaired) electrons. The van der Waals surface area contributed by atoms with E-state index >= 15 is 0 Å². The summed E-state index contributed by atoms with van der Waals surface area (Å²) < 4.78 is 44.8. The lowest BCUT2D eigenvalue weighted by Crippen LogP contribution is -2.31. The number of halogens is 4. The molecule has 0 bridgehead atoms. The molecular formula is C12H14F4N2O3. The van der Waals surface area contributed by atoms with Crippen molar-refractivity contribution in [2.75, 3.05) is 13.1 Å². The second-order valence-corrected chi connectivity index (χ2v) is 3.70. The predicted octanol–water partition coefficient (Wildman–Crippen LogP) is 1.08. The summed E-state index contributed by atoms with van der Waals surface area (Å²) in [5.74, 6) is -3.22. The number of benzene rings is 1. The van der Waals surface area contributed by atoms with Gasteiger partial charge in [-0.3, -0.25) is 4.79 Å². The van der Waals surface area contributed by atoms with Crippen molar-refractivity contribution >= 4 is 11.9 Å². The van der Waals surface area contributed by atoms with Gasteiger partial charge in [-0.2, -0.15) is 13.2 Å². The molecule has 0 saturated carbocycles. The number of alkyl halides is 3. The Morgan fingerprint density at radius 2 is 1.76 bits per heavy atom. The van der Waals surface area contributed by atoms with Crippen molar-refractivity contribution in [2.24, 2.45) is 5.73 Å². The van der Waals surface area contributed by atoms with Gasteiger partial charge in [-0.1, -0.05) is 18.2 Å². The molecule has 1 rings (SSSR count). The average molecular weight is 310 g/mol. The fourth-order valence-electron chi connectivity index (χ4n) is 1.11. The maximum absolute atomic E-state index is 13.1. The van der Waals surface area contributed by atoms with Crippen LogP contribution >= 0.6 is 0 Å². The summed E-state index contributed by atoms with van der Waals surface area (Å²) in [5, 5.41) is 9.70. The number of carboxylic acids is 1. The molecule has 0 fully saturated rings. The highest BCUT2D eigenvalue weighted by molar-refractivity contribution is 5.77. The van der Waals surface area contributed by atoms with Gasteiger partial charge in [-0.05, 0) is 18.1 Å². The van der Waals surface area contributed by atoms with Gasteiger partial charge < -0.3 is 16.2 Å². The Kier molecular flexibility index (Phi) is 7.99. The lowest BCUT2D eigenvalue weighted by atomic mass is 10.1. The molecule has 0 heterocycles. The summed E-state index contributed by atoms with van der Waals surface area (Å²) in [6.07, 6.45) is -4.60. The fraction of sp³-hybridized carbons (Fsp3) is 0.333. The van der Waals surface area contributed by atoms with Crippen LogP contribution in [0.1, 0.15) is 5.56 Å². The Hall–Kier alpha value is -2.16. The molecule has 0 atom stereocenters. The number of nitrogens with two attached hydrogens (primary N) is 1. The van der Waals surface area contributed by atoms with E-state index in [2.05, 4.69) is 5.32 Å². The van der Waals surface area contributed by atoms with Crippen LogP contribution < -0.4 is 11.1 Å². The SMILES string of the molecule is NCC(=O)NCCc1ccccc1F.O=C(O)C(F)(F)F. The maximum Gasteiger partial charge on any atom is 0.490 e. The first-order valence-corrected chi connectivity index (χ1v) is 5.68. The van der Waals surface area contributed by atoms with E-state index in [4.69, 9.17) is 15.6 Å². The first kappa shape index (κ1) is 18.8. The van der Waals surface area contributed by atoms with E-state index in [0.717, 1.165) is 0 Å². The van der Waals surface area contributed by atoms with E-state index in [9.17, 15) is 22.4 Å². The second-order valence-electron chi connectivity index (χ2n) is 3.70. The molecule has 0 spiro atoms. The molecule has 1 aromatic carbocycles. The highest BCUT2D eigenvalue weighted by Gasteiger charge is 2.38. The standard InChI is InChI=1S/C10H13FN2O.C2HF3O2/c11-9-4-2-1-3-8(9)5-6-13-10(14)7-12;3-2(4,5)1(6)7/h1-4H,5-7,12H2,(H,13,14);(H,6,7). The first-order chi connectivity index (χ1) is 9.68.